The molecule has 0 amide bonds. The standard InChI is InChI=1S/C19H35NO13/c1-6-10(24)12(26)14(28)18(30-6)32-16-7(4-21)20(2)3-8(23)17(16)33-19-15(29)13(27)11(25)9(5-22)31-19/h6-19,21-29H,3-5H2,1-2H3/t6-,7+,8-,9+,10+,11-,12+,13-,14-,15+,16+,17+,18-,19-/m0/s1. The van der Waals surface area contributed by atoms with E-state index in [-0.39, 0.29) is 6.54 Å². The Morgan fingerprint density at radius 3 is 1.85 bits per heavy atom. The van der Waals surface area contributed by atoms with Crippen LogP contribution in [0.2, 0.25) is 0 Å². The molecule has 0 radical (unpaired) electrons. The number of ether oxygens (including phenoxy) is 4. The zero-order valence-electron chi connectivity index (χ0n) is 18.3. The van der Waals surface area contributed by atoms with E-state index in [4.69, 9.17) is 18.9 Å². The van der Waals surface area contributed by atoms with Gasteiger partial charge in [-0.25, -0.2) is 0 Å². The lowest BCUT2D eigenvalue weighted by molar-refractivity contribution is -0.354. The number of rotatable bonds is 6. The Labute approximate surface area is 190 Å². The summed E-state index contributed by atoms with van der Waals surface area (Å²) in [5, 5.41) is 90.7. The smallest absolute Gasteiger partial charge is 0.187 e. The Morgan fingerprint density at radius 2 is 1.27 bits per heavy atom. The SMILES string of the molecule is C[C@@H]1O[C@@H](O[C@H]2[C@H](O[C@@H]3O[C@H](CO)[C@H](O)[C@H](O)[C@H]3O)[C@@H](O)CN(C)[C@@H]2CO)[C@@H](O)[C@H](O)[C@@H]1O. The van der Waals surface area contributed by atoms with E-state index < -0.39 is 99.0 Å². The van der Waals surface area contributed by atoms with Crippen LogP contribution in [0.4, 0.5) is 0 Å². The van der Waals surface area contributed by atoms with Gasteiger partial charge in [-0.05, 0) is 14.0 Å². The van der Waals surface area contributed by atoms with Gasteiger partial charge in [0.1, 0.15) is 54.9 Å². The molecule has 33 heavy (non-hydrogen) atoms. The van der Waals surface area contributed by atoms with Crippen molar-refractivity contribution in [2.45, 2.75) is 92.7 Å². The van der Waals surface area contributed by atoms with Crippen molar-refractivity contribution in [3.8, 4) is 0 Å². The number of likely N-dealkylation sites (N-methyl/N-ethyl adjacent to an activating group) is 1. The fourth-order valence-corrected chi connectivity index (χ4v) is 4.42. The molecule has 3 saturated heterocycles. The highest BCUT2D eigenvalue weighted by atomic mass is 16.7. The maximum atomic E-state index is 10.7. The zero-order valence-corrected chi connectivity index (χ0v) is 18.3. The van der Waals surface area contributed by atoms with E-state index in [0.29, 0.717) is 0 Å². The summed E-state index contributed by atoms with van der Waals surface area (Å²) in [6, 6.07) is -0.793. The first-order valence-corrected chi connectivity index (χ1v) is 10.8. The van der Waals surface area contributed by atoms with E-state index >= 15 is 0 Å². The molecule has 14 atom stereocenters. The Balaban J connectivity index is 1.83. The number of hydrogen-bond donors (Lipinski definition) is 9. The third-order valence-corrected chi connectivity index (χ3v) is 6.55. The molecule has 0 spiro atoms. The van der Waals surface area contributed by atoms with Crippen molar-refractivity contribution in [1.82, 2.24) is 4.90 Å². The largest absolute Gasteiger partial charge is 0.395 e. The van der Waals surface area contributed by atoms with Crippen LogP contribution in [0, 0.1) is 0 Å². The third kappa shape index (κ3) is 5.34. The van der Waals surface area contributed by atoms with Gasteiger partial charge in [-0.3, -0.25) is 4.90 Å². The average molecular weight is 485 g/mol. The number of piperidine rings is 1. The second-order valence-electron chi connectivity index (χ2n) is 8.84. The molecule has 3 rings (SSSR count). The van der Waals surface area contributed by atoms with Gasteiger partial charge in [0.25, 0.3) is 0 Å². The van der Waals surface area contributed by atoms with Crippen molar-refractivity contribution in [3.05, 3.63) is 0 Å². The first kappa shape index (κ1) is 27.0. The van der Waals surface area contributed by atoms with Gasteiger partial charge >= 0.3 is 0 Å². The van der Waals surface area contributed by atoms with Crippen LogP contribution in [-0.4, -0.2) is 163 Å². The fraction of sp³-hybridized carbons (Fsp3) is 1.00. The Kier molecular flexibility index (Phi) is 9.02. The van der Waals surface area contributed by atoms with Gasteiger partial charge in [0.05, 0.1) is 31.5 Å². The predicted octanol–water partition coefficient (Wildman–Crippen LogP) is -5.95. The highest BCUT2D eigenvalue weighted by Gasteiger charge is 2.52. The van der Waals surface area contributed by atoms with Crippen LogP contribution in [0.5, 0.6) is 0 Å². The molecule has 3 heterocycles. The molecule has 14 nitrogen and oxygen atoms in total. The number of β-amino-alcohol motifs (C(OH)–C–C–N with tert-alkyl or cyclic N) is 1. The van der Waals surface area contributed by atoms with E-state index in [1.165, 1.54) is 6.92 Å². The summed E-state index contributed by atoms with van der Waals surface area (Å²) in [5.74, 6) is 0. The molecule has 0 aliphatic carbocycles. The van der Waals surface area contributed by atoms with Crippen molar-refractivity contribution in [1.29, 1.82) is 0 Å². The minimum Gasteiger partial charge on any atom is -0.395 e. The van der Waals surface area contributed by atoms with Gasteiger partial charge in [-0.2, -0.15) is 0 Å². The fourth-order valence-electron chi connectivity index (χ4n) is 4.42. The molecule has 14 heteroatoms. The Morgan fingerprint density at radius 1 is 0.727 bits per heavy atom. The normalized spacial score (nSPS) is 52.1. The van der Waals surface area contributed by atoms with Gasteiger partial charge in [-0.15, -0.1) is 0 Å². The van der Waals surface area contributed by atoms with Crippen molar-refractivity contribution < 1.29 is 64.9 Å². The molecule has 3 aliphatic heterocycles. The van der Waals surface area contributed by atoms with E-state index in [0.717, 1.165) is 0 Å². The number of likely N-dealkylation sites (tertiary alicyclic amines) is 1. The highest BCUT2D eigenvalue weighted by Crippen LogP contribution is 2.31. The van der Waals surface area contributed by atoms with Gasteiger partial charge in [0.15, 0.2) is 12.6 Å². The maximum Gasteiger partial charge on any atom is 0.187 e. The lowest BCUT2D eigenvalue weighted by Gasteiger charge is -2.49. The minimum absolute atomic E-state index is 0.0129. The molecule has 3 fully saturated rings. The van der Waals surface area contributed by atoms with Gasteiger partial charge in [0.2, 0.25) is 0 Å². The monoisotopic (exact) mass is 485 g/mol. The summed E-state index contributed by atoms with van der Waals surface area (Å²) in [4.78, 5) is 1.58. The van der Waals surface area contributed by atoms with Crippen molar-refractivity contribution >= 4 is 0 Å². The molecule has 0 bridgehead atoms. The number of aliphatic hydroxyl groups is 9. The van der Waals surface area contributed by atoms with Gasteiger partial charge < -0.3 is 64.9 Å². The summed E-state index contributed by atoms with van der Waals surface area (Å²) < 4.78 is 22.4. The molecule has 194 valence electrons. The predicted molar refractivity (Wildman–Crippen MR) is 105 cm³/mol. The van der Waals surface area contributed by atoms with E-state index in [1.54, 1.807) is 11.9 Å². The number of hydrogen-bond acceptors (Lipinski definition) is 14. The van der Waals surface area contributed by atoms with Gasteiger partial charge in [-0.1, -0.05) is 0 Å². The molecule has 0 saturated carbocycles. The van der Waals surface area contributed by atoms with Crippen LogP contribution in [-0.2, 0) is 18.9 Å². The van der Waals surface area contributed by atoms with Crippen LogP contribution in [0.25, 0.3) is 0 Å². The molecule has 9 N–H and O–H groups in total. The van der Waals surface area contributed by atoms with E-state index in [1.807, 2.05) is 0 Å². The molecule has 3 aliphatic rings. The first-order valence-electron chi connectivity index (χ1n) is 10.8. The highest BCUT2D eigenvalue weighted by molar-refractivity contribution is 4.98. The lowest BCUT2D eigenvalue weighted by atomic mass is 9.93. The summed E-state index contributed by atoms with van der Waals surface area (Å²) in [6.07, 6.45) is -18.6. The number of aliphatic hydroxyl groups excluding tert-OH is 9. The summed E-state index contributed by atoms with van der Waals surface area (Å²) in [5.41, 5.74) is 0. The van der Waals surface area contributed by atoms with Crippen LogP contribution in [0.15, 0.2) is 0 Å². The van der Waals surface area contributed by atoms with Crippen LogP contribution in [0.3, 0.4) is 0 Å². The van der Waals surface area contributed by atoms with E-state index in [2.05, 4.69) is 0 Å². The summed E-state index contributed by atoms with van der Waals surface area (Å²) >= 11 is 0. The molecule has 0 aromatic carbocycles. The zero-order chi connectivity index (χ0) is 24.6. The second-order valence-corrected chi connectivity index (χ2v) is 8.84. The summed E-state index contributed by atoms with van der Waals surface area (Å²) in [7, 11) is 1.60. The maximum absolute atomic E-state index is 10.7. The van der Waals surface area contributed by atoms with Gasteiger partial charge in [0, 0.05) is 6.54 Å². The molecule has 0 aromatic rings. The van der Waals surface area contributed by atoms with Crippen LogP contribution in [0.1, 0.15) is 6.92 Å². The molecular formula is C19H35NO13. The Bertz CT molecular complexity index is 628. The first-order chi connectivity index (χ1) is 15.5. The molecular weight excluding hydrogens is 450 g/mol. The van der Waals surface area contributed by atoms with Crippen molar-refractivity contribution in [2.75, 3.05) is 26.8 Å². The minimum atomic E-state index is -1.74. The van der Waals surface area contributed by atoms with Crippen molar-refractivity contribution in [3.63, 3.8) is 0 Å². The molecule has 0 aromatic heterocycles. The van der Waals surface area contributed by atoms with Crippen LogP contribution >= 0.6 is 0 Å². The third-order valence-electron chi connectivity index (χ3n) is 6.55. The quantitative estimate of drug-likeness (QED) is 0.171. The summed E-state index contributed by atoms with van der Waals surface area (Å²) in [6.45, 7) is 0.328. The Hall–Kier alpha value is -0.560. The topological polar surface area (TPSA) is 222 Å². The average Bonchev–Trinajstić information content (AvgIpc) is 2.78. The van der Waals surface area contributed by atoms with Crippen LogP contribution < -0.4 is 0 Å². The van der Waals surface area contributed by atoms with E-state index in [9.17, 15) is 46.0 Å². The lowest BCUT2D eigenvalue weighted by Crippen LogP contribution is -2.68. The second kappa shape index (κ2) is 11.0. The molecule has 0 unspecified atom stereocenters. The number of nitrogens with zero attached hydrogens (tertiary/aromatic N) is 1. The van der Waals surface area contributed by atoms with Crippen molar-refractivity contribution in [2.24, 2.45) is 0 Å².